The third-order valence-electron chi connectivity index (χ3n) is 3.79. The fourth-order valence-electron chi connectivity index (χ4n) is 2.50. The van der Waals surface area contributed by atoms with E-state index in [9.17, 15) is 9.59 Å². The number of hydrogen-bond donors (Lipinski definition) is 2. The van der Waals surface area contributed by atoms with Crippen molar-refractivity contribution in [3.63, 3.8) is 0 Å². The molecule has 0 saturated heterocycles. The number of methoxy groups -OCH3 is 1. The van der Waals surface area contributed by atoms with Gasteiger partial charge in [0.15, 0.2) is 17.3 Å². The number of carbonyl (C=O) groups excluding carboxylic acids is 2. The average Bonchev–Trinajstić information content (AvgIpc) is 3.17. The fraction of sp³-hybridized carbons (Fsp3) is 0.143. The first-order valence-electron chi connectivity index (χ1n) is 8.58. The Labute approximate surface area is 162 Å². The Hall–Kier alpha value is -3.74. The van der Waals surface area contributed by atoms with Crippen LogP contribution in [0.15, 0.2) is 65.1 Å². The van der Waals surface area contributed by atoms with Crippen molar-refractivity contribution in [3.8, 4) is 11.5 Å². The summed E-state index contributed by atoms with van der Waals surface area (Å²) in [6, 6.07) is 17.3. The Morgan fingerprint density at radius 3 is 2.18 bits per heavy atom. The summed E-state index contributed by atoms with van der Waals surface area (Å²) in [5, 5.41) is 5.40. The van der Waals surface area contributed by atoms with Crippen LogP contribution < -0.4 is 20.1 Å². The van der Waals surface area contributed by atoms with Crippen LogP contribution in [-0.2, 0) is 11.4 Å². The van der Waals surface area contributed by atoms with Crippen LogP contribution in [0.5, 0.6) is 11.5 Å². The van der Waals surface area contributed by atoms with Crippen LogP contribution in [0.2, 0.25) is 0 Å². The van der Waals surface area contributed by atoms with E-state index in [1.165, 1.54) is 6.92 Å². The van der Waals surface area contributed by atoms with Crippen molar-refractivity contribution in [1.29, 1.82) is 0 Å². The molecule has 1 heterocycles. The van der Waals surface area contributed by atoms with Crippen LogP contribution in [0.3, 0.4) is 0 Å². The van der Waals surface area contributed by atoms with Crippen LogP contribution in [0.4, 0.5) is 11.4 Å². The van der Waals surface area contributed by atoms with E-state index in [1.54, 1.807) is 55.6 Å². The zero-order valence-electron chi connectivity index (χ0n) is 15.5. The van der Waals surface area contributed by atoms with E-state index >= 15 is 0 Å². The van der Waals surface area contributed by atoms with Crippen molar-refractivity contribution in [1.82, 2.24) is 0 Å². The summed E-state index contributed by atoms with van der Waals surface area (Å²) < 4.78 is 16.5. The lowest BCUT2D eigenvalue weighted by atomic mass is 10.2. The van der Waals surface area contributed by atoms with Crippen molar-refractivity contribution in [2.75, 3.05) is 17.7 Å². The van der Waals surface area contributed by atoms with Crippen LogP contribution in [-0.4, -0.2) is 18.9 Å². The lowest BCUT2D eigenvalue weighted by Gasteiger charge is -2.08. The third kappa shape index (κ3) is 4.91. The zero-order chi connectivity index (χ0) is 19.9. The predicted molar refractivity (Wildman–Crippen MR) is 105 cm³/mol. The molecule has 3 rings (SSSR count). The third-order valence-corrected chi connectivity index (χ3v) is 3.79. The van der Waals surface area contributed by atoms with Crippen LogP contribution in [0.1, 0.15) is 23.2 Å². The molecule has 0 bridgehead atoms. The first kappa shape index (κ1) is 19.0. The summed E-state index contributed by atoms with van der Waals surface area (Å²) in [6.07, 6.45) is 0. The lowest BCUT2D eigenvalue weighted by Crippen LogP contribution is -2.11. The topological polar surface area (TPSA) is 89.8 Å². The van der Waals surface area contributed by atoms with Gasteiger partial charge in [0, 0.05) is 18.3 Å². The molecule has 0 aliphatic heterocycles. The number of amides is 2. The minimum atomic E-state index is -0.379. The van der Waals surface area contributed by atoms with Gasteiger partial charge in [-0.1, -0.05) is 12.1 Å². The smallest absolute Gasteiger partial charge is 0.291 e. The maximum absolute atomic E-state index is 12.3. The summed E-state index contributed by atoms with van der Waals surface area (Å²) in [7, 11) is 1.57. The first-order valence-corrected chi connectivity index (χ1v) is 8.58. The van der Waals surface area contributed by atoms with E-state index in [2.05, 4.69) is 10.6 Å². The lowest BCUT2D eigenvalue weighted by molar-refractivity contribution is -0.114. The number of hydrogen-bond acceptors (Lipinski definition) is 5. The Morgan fingerprint density at radius 1 is 0.893 bits per heavy atom. The summed E-state index contributed by atoms with van der Waals surface area (Å²) in [6.45, 7) is 1.60. The molecule has 7 nitrogen and oxygen atoms in total. The Kier molecular flexibility index (Phi) is 5.96. The molecular formula is C21H20N2O5. The second-order valence-corrected chi connectivity index (χ2v) is 5.92. The van der Waals surface area contributed by atoms with Crippen LogP contribution in [0.25, 0.3) is 0 Å². The molecule has 0 aliphatic rings. The van der Waals surface area contributed by atoms with E-state index in [0.717, 1.165) is 0 Å². The van der Waals surface area contributed by atoms with Gasteiger partial charge in [-0.05, 0) is 48.5 Å². The number of nitrogens with one attached hydrogen (secondary N) is 2. The molecule has 2 aromatic carbocycles. The van der Waals surface area contributed by atoms with Crippen molar-refractivity contribution >= 4 is 23.2 Å². The zero-order valence-corrected chi connectivity index (χ0v) is 15.5. The summed E-state index contributed by atoms with van der Waals surface area (Å²) in [4.78, 5) is 23.4. The van der Waals surface area contributed by atoms with E-state index in [4.69, 9.17) is 13.9 Å². The summed E-state index contributed by atoms with van der Waals surface area (Å²) >= 11 is 0. The molecule has 144 valence electrons. The highest BCUT2D eigenvalue weighted by Crippen LogP contribution is 2.27. The monoisotopic (exact) mass is 380 g/mol. The number of anilines is 2. The van der Waals surface area contributed by atoms with E-state index in [0.29, 0.717) is 28.6 Å². The highest BCUT2D eigenvalue weighted by molar-refractivity contribution is 6.02. The van der Waals surface area contributed by atoms with Gasteiger partial charge in [0.1, 0.15) is 12.4 Å². The highest BCUT2D eigenvalue weighted by atomic mass is 16.5. The van der Waals surface area contributed by atoms with Crippen molar-refractivity contribution in [2.24, 2.45) is 0 Å². The Balaban J connectivity index is 1.58. The van der Waals surface area contributed by atoms with E-state index in [1.807, 2.05) is 12.1 Å². The molecule has 2 amide bonds. The SMILES string of the molecule is COc1ccccc1OCc1ccc(C(=O)Nc2ccc(NC(C)=O)cc2)o1. The molecule has 0 fully saturated rings. The van der Waals surface area contributed by atoms with Gasteiger partial charge in [0.05, 0.1) is 7.11 Å². The molecule has 0 aliphatic carbocycles. The molecule has 28 heavy (non-hydrogen) atoms. The predicted octanol–water partition coefficient (Wildman–Crippen LogP) is 4.08. The van der Waals surface area contributed by atoms with Gasteiger partial charge >= 0.3 is 0 Å². The van der Waals surface area contributed by atoms with Gasteiger partial charge in [0.2, 0.25) is 5.91 Å². The maximum Gasteiger partial charge on any atom is 0.291 e. The second kappa shape index (κ2) is 8.77. The van der Waals surface area contributed by atoms with Gasteiger partial charge in [-0.25, -0.2) is 0 Å². The molecule has 0 saturated carbocycles. The molecule has 2 N–H and O–H groups in total. The molecule has 0 unspecified atom stereocenters. The largest absolute Gasteiger partial charge is 0.493 e. The van der Waals surface area contributed by atoms with Gasteiger partial charge in [0.25, 0.3) is 5.91 Å². The van der Waals surface area contributed by atoms with E-state index in [-0.39, 0.29) is 24.2 Å². The Morgan fingerprint density at radius 2 is 1.54 bits per heavy atom. The van der Waals surface area contributed by atoms with Crippen molar-refractivity contribution in [3.05, 3.63) is 72.2 Å². The average molecular weight is 380 g/mol. The minimum absolute atomic E-state index is 0.157. The molecule has 7 heteroatoms. The van der Waals surface area contributed by atoms with E-state index < -0.39 is 0 Å². The second-order valence-electron chi connectivity index (χ2n) is 5.92. The van der Waals surface area contributed by atoms with Crippen molar-refractivity contribution < 1.29 is 23.5 Å². The summed E-state index contributed by atoms with van der Waals surface area (Å²) in [5.41, 5.74) is 1.24. The van der Waals surface area contributed by atoms with Crippen LogP contribution in [0, 0.1) is 0 Å². The van der Waals surface area contributed by atoms with Crippen molar-refractivity contribution in [2.45, 2.75) is 13.5 Å². The molecule has 3 aromatic rings. The number of para-hydroxylation sites is 2. The van der Waals surface area contributed by atoms with Gasteiger partial charge < -0.3 is 24.5 Å². The van der Waals surface area contributed by atoms with Crippen LogP contribution >= 0.6 is 0 Å². The molecule has 0 radical (unpaired) electrons. The minimum Gasteiger partial charge on any atom is -0.493 e. The van der Waals surface area contributed by atoms with Gasteiger partial charge in [-0.15, -0.1) is 0 Å². The first-order chi connectivity index (χ1) is 13.5. The highest BCUT2D eigenvalue weighted by Gasteiger charge is 2.13. The quantitative estimate of drug-likeness (QED) is 0.645. The number of rotatable bonds is 7. The summed E-state index contributed by atoms with van der Waals surface area (Å²) in [5.74, 6) is 1.36. The number of ether oxygens (including phenoxy) is 2. The maximum atomic E-state index is 12.3. The molecule has 1 aromatic heterocycles. The van der Waals surface area contributed by atoms with Gasteiger partial charge in [-0.3, -0.25) is 9.59 Å². The number of carbonyl (C=O) groups is 2. The fourth-order valence-corrected chi connectivity index (χ4v) is 2.50. The number of benzene rings is 2. The molecule has 0 atom stereocenters. The normalized spacial score (nSPS) is 10.2. The molecular weight excluding hydrogens is 360 g/mol. The molecule has 0 spiro atoms. The number of furan rings is 1. The standard InChI is InChI=1S/C21H20N2O5/c1-14(24)22-15-7-9-16(10-8-15)23-21(25)20-12-11-17(28-20)13-27-19-6-4-3-5-18(19)26-2/h3-12H,13H2,1-2H3,(H,22,24)(H,23,25). The Bertz CT molecular complexity index is 963. The van der Waals surface area contributed by atoms with Gasteiger partial charge in [-0.2, -0.15) is 0 Å².